The molecule has 0 aromatic carbocycles. The van der Waals surface area contributed by atoms with Gasteiger partial charge in [0, 0.05) is 37.2 Å². The molecule has 0 bridgehead atoms. The SMILES string of the molecule is CC(Cn1ccnc1)NC(=O)Cn1cc(C(F)(F)F)ccc1=O. The number of hydrogen-bond acceptors (Lipinski definition) is 3. The number of nitrogens with one attached hydrogen (secondary N) is 1. The summed E-state index contributed by atoms with van der Waals surface area (Å²) in [4.78, 5) is 27.3. The van der Waals surface area contributed by atoms with Crippen LogP contribution >= 0.6 is 0 Å². The molecule has 2 aromatic heterocycles. The fraction of sp³-hybridized carbons (Fsp3) is 0.357. The van der Waals surface area contributed by atoms with Crippen molar-refractivity contribution in [2.45, 2.75) is 32.2 Å². The van der Waals surface area contributed by atoms with Gasteiger partial charge < -0.3 is 14.5 Å². The van der Waals surface area contributed by atoms with E-state index in [9.17, 15) is 22.8 Å². The molecule has 2 aromatic rings. The molecule has 0 saturated heterocycles. The summed E-state index contributed by atoms with van der Waals surface area (Å²) in [6.45, 7) is 1.73. The maximum Gasteiger partial charge on any atom is 0.417 e. The van der Waals surface area contributed by atoms with Gasteiger partial charge in [-0.2, -0.15) is 13.2 Å². The summed E-state index contributed by atoms with van der Waals surface area (Å²) < 4.78 is 40.4. The third-order valence-electron chi connectivity index (χ3n) is 3.08. The molecule has 9 heteroatoms. The maximum atomic E-state index is 12.6. The van der Waals surface area contributed by atoms with Crippen molar-refractivity contribution in [2.24, 2.45) is 0 Å². The normalized spacial score (nSPS) is 12.9. The summed E-state index contributed by atoms with van der Waals surface area (Å²) in [5, 5.41) is 2.62. The maximum absolute atomic E-state index is 12.6. The minimum Gasteiger partial charge on any atom is -0.350 e. The predicted octanol–water partition coefficient (Wildman–Crippen LogP) is 1.27. The van der Waals surface area contributed by atoms with Crippen molar-refractivity contribution in [2.75, 3.05) is 0 Å². The standard InChI is InChI=1S/C14H15F3N4O2/c1-10(6-20-5-4-18-9-20)19-12(22)8-21-7-11(14(15,16)17)2-3-13(21)23/h2-5,7,9-10H,6,8H2,1H3,(H,19,22). The first kappa shape index (κ1) is 16.8. The molecule has 1 atom stereocenters. The molecule has 2 rings (SSSR count). The van der Waals surface area contributed by atoms with Gasteiger partial charge in [-0.1, -0.05) is 0 Å². The van der Waals surface area contributed by atoms with Gasteiger partial charge in [-0.25, -0.2) is 4.98 Å². The molecule has 0 aliphatic carbocycles. The van der Waals surface area contributed by atoms with Gasteiger partial charge in [-0.3, -0.25) is 9.59 Å². The first-order chi connectivity index (χ1) is 10.8. The molecule has 0 radical (unpaired) electrons. The van der Waals surface area contributed by atoms with E-state index >= 15 is 0 Å². The highest BCUT2D eigenvalue weighted by Gasteiger charge is 2.31. The van der Waals surface area contributed by atoms with Gasteiger partial charge in [0.2, 0.25) is 5.91 Å². The van der Waals surface area contributed by atoms with E-state index in [1.54, 1.807) is 30.2 Å². The summed E-state index contributed by atoms with van der Waals surface area (Å²) in [5.74, 6) is -0.543. The first-order valence-corrected chi connectivity index (χ1v) is 6.78. The van der Waals surface area contributed by atoms with E-state index in [0.717, 1.165) is 10.6 Å². The molecule has 0 aliphatic rings. The highest BCUT2D eigenvalue weighted by atomic mass is 19.4. The lowest BCUT2D eigenvalue weighted by Gasteiger charge is -2.15. The van der Waals surface area contributed by atoms with E-state index in [4.69, 9.17) is 0 Å². The number of rotatable bonds is 5. The lowest BCUT2D eigenvalue weighted by Crippen LogP contribution is -2.39. The van der Waals surface area contributed by atoms with Crippen molar-refractivity contribution in [1.29, 1.82) is 0 Å². The lowest BCUT2D eigenvalue weighted by molar-refractivity contribution is -0.138. The molecular weight excluding hydrogens is 313 g/mol. The first-order valence-electron chi connectivity index (χ1n) is 6.78. The number of nitrogens with zero attached hydrogens (tertiary/aromatic N) is 3. The van der Waals surface area contributed by atoms with Crippen molar-refractivity contribution < 1.29 is 18.0 Å². The Morgan fingerprint density at radius 1 is 1.39 bits per heavy atom. The Labute approximate surface area is 129 Å². The second kappa shape index (κ2) is 6.67. The topological polar surface area (TPSA) is 68.9 Å². The molecule has 0 spiro atoms. The number of hydrogen-bond donors (Lipinski definition) is 1. The zero-order chi connectivity index (χ0) is 17.0. The second-order valence-corrected chi connectivity index (χ2v) is 5.11. The number of pyridine rings is 1. The number of aromatic nitrogens is 3. The summed E-state index contributed by atoms with van der Waals surface area (Å²) in [6.07, 6.45) is 0.972. The zero-order valence-corrected chi connectivity index (χ0v) is 12.2. The smallest absolute Gasteiger partial charge is 0.350 e. The van der Waals surface area contributed by atoms with Crippen LogP contribution in [0.2, 0.25) is 0 Å². The highest BCUT2D eigenvalue weighted by molar-refractivity contribution is 5.76. The van der Waals surface area contributed by atoms with E-state index < -0.39 is 29.8 Å². The molecule has 1 unspecified atom stereocenters. The Morgan fingerprint density at radius 2 is 2.13 bits per heavy atom. The molecule has 0 aliphatic heterocycles. The van der Waals surface area contributed by atoms with Gasteiger partial charge in [0.05, 0.1) is 11.9 Å². The van der Waals surface area contributed by atoms with Crippen LogP contribution in [-0.4, -0.2) is 26.1 Å². The van der Waals surface area contributed by atoms with Gasteiger partial charge in [-0.05, 0) is 13.0 Å². The number of amides is 1. The van der Waals surface area contributed by atoms with Crippen molar-refractivity contribution in [3.05, 3.63) is 53.0 Å². The van der Waals surface area contributed by atoms with Gasteiger partial charge >= 0.3 is 6.18 Å². The summed E-state index contributed by atoms with van der Waals surface area (Å²) in [7, 11) is 0. The van der Waals surface area contributed by atoms with Crippen LogP contribution in [0.15, 0.2) is 41.8 Å². The van der Waals surface area contributed by atoms with Gasteiger partial charge in [0.15, 0.2) is 0 Å². The minimum atomic E-state index is -4.57. The van der Waals surface area contributed by atoms with Crippen LogP contribution in [0.5, 0.6) is 0 Å². The summed E-state index contributed by atoms with van der Waals surface area (Å²) >= 11 is 0. The van der Waals surface area contributed by atoms with E-state index in [-0.39, 0.29) is 6.04 Å². The van der Waals surface area contributed by atoms with Crippen molar-refractivity contribution in [1.82, 2.24) is 19.4 Å². The Kier molecular flexibility index (Phi) is 4.87. The minimum absolute atomic E-state index is 0.266. The number of halogens is 3. The molecule has 6 nitrogen and oxygen atoms in total. The van der Waals surface area contributed by atoms with Crippen molar-refractivity contribution >= 4 is 5.91 Å². The average molecular weight is 328 g/mol. The number of alkyl halides is 3. The van der Waals surface area contributed by atoms with Crippen LogP contribution in [0.3, 0.4) is 0 Å². The molecule has 1 amide bonds. The Balaban J connectivity index is 2.01. The molecular formula is C14H15F3N4O2. The van der Waals surface area contributed by atoms with Crippen LogP contribution in [-0.2, 0) is 24.1 Å². The van der Waals surface area contributed by atoms with Gasteiger partial charge in [0.1, 0.15) is 6.54 Å². The van der Waals surface area contributed by atoms with Crippen molar-refractivity contribution in [3.8, 4) is 0 Å². The van der Waals surface area contributed by atoms with E-state index in [1.165, 1.54) is 0 Å². The van der Waals surface area contributed by atoms with Crippen LogP contribution in [0, 0.1) is 0 Å². The number of imidazole rings is 1. The average Bonchev–Trinajstić information content (AvgIpc) is 2.92. The highest BCUT2D eigenvalue weighted by Crippen LogP contribution is 2.27. The molecule has 23 heavy (non-hydrogen) atoms. The van der Waals surface area contributed by atoms with Crippen LogP contribution < -0.4 is 10.9 Å². The molecule has 1 N–H and O–H groups in total. The Hall–Kier alpha value is -2.58. The third kappa shape index (κ3) is 4.70. The zero-order valence-electron chi connectivity index (χ0n) is 12.2. The van der Waals surface area contributed by atoms with Crippen LogP contribution in [0.25, 0.3) is 0 Å². The Bertz CT molecular complexity index is 722. The van der Waals surface area contributed by atoms with Crippen LogP contribution in [0.1, 0.15) is 12.5 Å². The second-order valence-electron chi connectivity index (χ2n) is 5.11. The lowest BCUT2D eigenvalue weighted by atomic mass is 10.2. The fourth-order valence-electron chi connectivity index (χ4n) is 2.05. The van der Waals surface area contributed by atoms with E-state index in [1.807, 2.05) is 0 Å². The predicted molar refractivity (Wildman–Crippen MR) is 75.5 cm³/mol. The Morgan fingerprint density at radius 3 is 2.74 bits per heavy atom. The summed E-state index contributed by atoms with van der Waals surface area (Å²) in [6, 6.07) is 1.22. The molecule has 0 fully saturated rings. The monoisotopic (exact) mass is 328 g/mol. The third-order valence-corrected chi connectivity index (χ3v) is 3.08. The van der Waals surface area contributed by atoms with E-state index in [2.05, 4.69) is 10.3 Å². The molecule has 0 saturated carbocycles. The van der Waals surface area contributed by atoms with Gasteiger partial charge in [0.25, 0.3) is 5.56 Å². The fourth-order valence-corrected chi connectivity index (χ4v) is 2.05. The molecule has 124 valence electrons. The molecule has 2 heterocycles. The van der Waals surface area contributed by atoms with Crippen LogP contribution in [0.4, 0.5) is 13.2 Å². The summed E-state index contributed by atoms with van der Waals surface area (Å²) in [5.41, 5.74) is -1.65. The number of carbonyl (C=O) groups excluding carboxylic acids is 1. The quantitative estimate of drug-likeness (QED) is 0.899. The number of carbonyl (C=O) groups is 1. The van der Waals surface area contributed by atoms with E-state index in [0.29, 0.717) is 18.8 Å². The largest absolute Gasteiger partial charge is 0.417 e. The van der Waals surface area contributed by atoms with Gasteiger partial charge in [-0.15, -0.1) is 0 Å². The van der Waals surface area contributed by atoms with Crippen molar-refractivity contribution in [3.63, 3.8) is 0 Å².